The molecule has 11 heavy (non-hydrogen) atoms. The van der Waals surface area contributed by atoms with Gasteiger partial charge in [0.1, 0.15) is 0 Å². The molecule has 0 N–H and O–H groups in total. The van der Waals surface area contributed by atoms with Crippen molar-refractivity contribution in [3.8, 4) is 0 Å². The minimum absolute atomic E-state index is 1.19. The van der Waals surface area contributed by atoms with Crippen molar-refractivity contribution < 1.29 is 0 Å². The van der Waals surface area contributed by atoms with E-state index in [1.165, 1.54) is 31.3 Å². The van der Waals surface area contributed by atoms with Crippen molar-refractivity contribution in [1.82, 2.24) is 0 Å². The van der Waals surface area contributed by atoms with Gasteiger partial charge in [0, 0.05) is 0 Å². The summed E-state index contributed by atoms with van der Waals surface area (Å²) in [6.07, 6.45) is 11.9. The van der Waals surface area contributed by atoms with Crippen LogP contribution < -0.4 is 0 Å². The first-order chi connectivity index (χ1) is 5.43. The third-order valence-electron chi connectivity index (χ3n) is 1.72. The van der Waals surface area contributed by atoms with E-state index in [-0.39, 0.29) is 0 Å². The molecule has 0 aromatic rings. The molecular weight excluding hydrogens is 132 g/mol. The van der Waals surface area contributed by atoms with Gasteiger partial charge in [-0.25, -0.2) is 0 Å². The van der Waals surface area contributed by atoms with Crippen LogP contribution >= 0.6 is 0 Å². The summed E-state index contributed by atoms with van der Waals surface area (Å²) in [6.45, 7) is 6.21. The molecule has 0 saturated carbocycles. The fourth-order valence-corrected chi connectivity index (χ4v) is 1.09. The summed E-state index contributed by atoms with van der Waals surface area (Å²) in [5.74, 6) is 0. The predicted molar refractivity (Wildman–Crippen MR) is 52.7 cm³/mol. The van der Waals surface area contributed by atoms with E-state index in [2.05, 4.69) is 25.2 Å². The average molecular weight is 152 g/mol. The van der Waals surface area contributed by atoms with Crippen LogP contribution in [-0.4, -0.2) is 0 Å². The van der Waals surface area contributed by atoms with Gasteiger partial charge >= 0.3 is 0 Å². The Hall–Kier alpha value is -0.520. The predicted octanol–water partition coefficient (Wildman–Crippen LogP) is 4.09. The van der Waals surface area contributed by atoms with E-state index < -0.39 is 0 Å². The van der Waals surface area contributed by atoms with Crippen molar-refractivity contribution in [2.45, 2.75) is 46.5 Å². The van der Waals surface area contributed by atoms with Crippen LogP contribution in [0.4, 0.5) is 0 Å². The molecule has 0 saturated heterocycles. The van der Waals surface area contributed by atoms with Gasteiger partial charge in [-0.3, -0.25) is 0 Å². The molecule has 0 atom stereocenters. The Morgan fingerprint density at radius 3 is 2.64 bits per heavy atom. The largest absolute Gasteiger partial charge is 0.0843 e. The van der Waals surface area contributed by atoms with E-state index in [9.17, 15) is 0 Å². The fraction of sp³-hybridized carbons (Fsp3) is 0.636. The Labute approximate surface area is 71.0 Å². The van der Waals surface area contributed by atoms with Gasteiger partial charge in [0.25, 0.3) is 0 Å². The SMILES string of the molecule is CC.CCC1=CCCCC=C1. The third kappa shape index (κ3) is 4.83. The number of hydrogen-bond acceptors (Lipinski definition) is 0. The van der Waals surface area contributed by atoms with E-state index in [4.69, 9.17) is 0 Å². The fourth-order valence-electron chi connectivity index (χ4n) is 1.09. The highest BCUT2D eigenvalue weighted by Crippen LogP contribution is 2.11. The van der Waals surface area contributed by atoms with Crippen molar-refractivity contribution in [3.63, 3.8) is 0 Å². The van der Waals surface area contributed by atoms with E-state index in [1.807, 2.05) is 13.8 Å². The maximum absolute atomic E-state index is 2.35. The zero-order chi connectivity index (χ0) is 8.53. The molecule has 0 bridgehead atoms. The highest BCUT2D eigenvalue weighted by molar-refractivity contribution is 5.19. The lowest BCUT2D eigenvalue weighted by molar-refractivity contribution is 0.872. The van der Waals surface area contributed by atoms with Crippen LogP contribution in [0.1, 0.15) is 46.5 Å². The summed E-state index contributed by atoms with van der Waals surface area (Å²) in [7, 11) is 0. The molecular formula is C11H20. The maximum Gasteiger partial charge on any atom is -0.0311 e. The molecule has 1 aliphatic carbocycles. The van der Waals surface area contributed by atoms with Gasteiger partial charge in [-0.05, 0) is 25.7 Å². The first-order valence-corrected chi connectivity index (χ1v) is 4.79. The third-order valence-corrected chi connectivity index (χ3v) is 1.72. The Morgan fingerprint density at radius 2 is 2.00 bits per heavy atom. The van der Waals surface area contributed by atoms with Gasteiger partial charge in [0.15, 0.2) is 0 Å². The van der Waals surface area contributed by atoms with Gasteiger partial charge in [-0.15, -0.1) is 0 Å². The van der Waals surface area contributed by atoms with E-state index >= 15 is 0 Å². The molecule has 0 amide bonds. The van der Waals surface area contributed by atoms with Gasteiger partial charge in [0.2, 0.25) is 0 Å². The summed E-state index contributed by atoms with van der Waals surface area (Å²) in [6, 6.07) is 0. The second-order valence-corrected chi connectivity index (χ2v) is 2.47. The Balaban J connectivity index is 0.000000461. The van der Waals surface area contributed by atoms with Crippen LogP contribution in [0.3, 0.4) is 0 Å². The second kappa shape index (κ2) is 7.59. The summed E-state index contributed by atoms with van der Waals surface area (Å²) >= 11 is 0. The van der Waals surface area contributed by atoms with Crippen LogP contribution in [0.2, 0.25) is 0 Å². The molecule has 1 aliphatic rings. The molecule has 0 radical (unpaired) electrons. The molecule has 0 heterocycles. The lowest BCUT2D eigenvalue weighted by Gasteiger charge is -1.91. The first-order valence-electron chi connectivity index (χ1n) is 4.79. The molecule has 0 aromatic heterocycles. The molecule has 64 valence electrons. The minimum Gasteiger partial charge on any atom is -0.0843 e. The molecule has 0 unspecified atom stereocenters. The zero-order valence-corrected chi connectivity index (χ0v) is 8.06. The van der Waals surface area contributed by atoms with Gasteiger partial charge in [-0.1, -0.05) is 44.6 Å². The normalized spacial score (nSPS) is 16.1. The van der Waals surface area contributed by atoms with Gasteiger partial charge < -0.3 is 0 Å². The topological polar surface area (TPSA) is 0 Å². The Bertz CT molecular complexity index is 129. The highest BCUT2D eigenvalue weighted by Gasteiger charge is 1.91. The maximum atomic E-state index is 2.35. The molecule has 0 spiro atoms. The minimum atomic E-state index is 1.19. The summed E-state index contributed by atoms with van der Waals surface area (Å²) in [5, 5.41) is 0. The van der Waals surface area contributed by atoms with E-state index in [1.54, 1.807) is 0 Å². The van der Waals surface area contributed by atoms with Crippen molar-refractivity contribution in [3.05, 3.63) is 23.8 Å². The molecule has 0 aliphatic heterocycles. The number of rotatable bonds is 1. The van der Waals surface area contributed by atoms with E-state index in [0.717, 1.165) is 0 Å². The first kappa shape index (κ1) is 10.5. The summed E-state index contributed by atoms with van der Waals surface area (Å²) < 4.78 is 0. The Morgan fingerprint density at radius 1 is 1.27 bits per heavy atom. The van der Waals surface area contributed by atoms with Crippen molar-refractivity contribution >= 4 is 0 Å². The quantitative estimate of drug-likeness (QED) is 0.531. The monoisotopic (exact) mass is 152 g/mol. The van der Waals surface area contributed by atoms with Crippen molar-refractivity contribution in [2.75, 3.05) is 0 Å². The van der Waals surface area contributed by atoms with E-state index in [0.29, 0.717) is 0 Å². The smallest absolute Gasteiger partial charge is 0.0311 e. The van der Waals surface area contributed by atoms with Gasteiger partial charge in [0.05, 0.1) is 0 Å². The molecule has 0 heteroatoms. The van der Waals surface area contributed by atoms with Gasteiger partial charge in [-0.2, -0.15) is 0 Å². The highest BCUT2D eigenvalue weighted by atomic mass is 14.0. The molecule has 1 rings (SSSR count). The lowest BCUT2D eigenvalue weighted by Crippen LogP contribution is -1.70. The van der Waals surface area contributed by atoms with Crippen LogP contribution in [0.5, 0.6) is 0 Å². The second-order valence-electron chi connectivity index (χ2n) is 2.47. The van der Waals surface area contributed by atoms with Crippen molar-refractivity contribution in [1.29, 1.82) is 0 Å². The lowest BCUT2D eigenvalue weighted by atomic mass is 10.2. The van der Waals surface area contributed by atoms with Crippen LogP contribution in [-0.2, 0) is 0 Å². The average Bonchev–Trinajstić information content (AvgIpc) is 2.35. The number of allylic oxidation sites excluding steroid dienone is 4. The Kier molecular flexibility index (Phi) is 7.23. The molecule has 0 nitrogen and oxygen atoms in total. The van der Waals surface area contributed by atoms with Crippen molar-refractivity contribution in [2.24, 2.45) is 0 Å². The standard InChI is InChI=1S/C9H14.C2H6/c1-2-9-7-5-3-4-6-8-9;1-2/h5,7-8H,2-4,6H2,1H3;1-2H3. The molecule has 0 fully saturated rings. The van der Waals surface area contributed by atoms with Crippen LogP contribution in [0.25, 0.3) is 0 Å². The zero-order valence-electron chi connectivity index (χ0n) is 8.06. The van der Waals surface area contributed by atoms with Crippen LogP contribution in [0, 0.1) is 0 Å². The van der Waals surface area contributed by atoms with Crippen LogP contribution in [0.15, 0.2) is 23.8 Å². The summed E-state index contributed by atoms with van der Waals surface area (Å²) in [4.78, 5) is 0. The number of hydrogen-bond donors (Lipinski definition) is 0. The summed E-state index contributed by atoms with van der Waals surface area (Å²) in [5.41, 5.74) is 1.51. The molecule has 0 aromatic carbocycles.